The number of aliphatic imine (C=N–C) groups is 1. The van der Waals surface area contributed by atoms with Gasteiger partial charge < -0.3 is 19.2 Å². The minimum absolute atomic E-state index is 0. The molecule has 0 N–H and O–H groups in total. The molecule has 0 spiro atoms. The van der Waals surface area contributed by atoms with Crippen LogP contribution in [0.1, 0.15) is 111 Å². The number of nitrogens with zero attached hydrogens (tertiary/aromatic N) is 4. The smallest absolute Gasteiger partial charge is 0.503 e. The summed E-state index contributed by atoms with van der Waals surface area (Å²) in [6.45, 7) is 29.1. The first-order valence-electron chi connectivity index (χ1n) is 21.0. The number of rotatable bonds is 5. The van der Waals surface area contributed by atoms with E-state index in [4.69, 9.17) is 14.7 Å². The molecule has 0 amide bonds. The molecule has 9 rings (SSSR count). The Bertz CT molecular complexity index is 2880. The summed E-state index contributed by atoms with van der Waals surface area (Å²) in [6.07, 6.45) is 2.81. The molecule has 2 aromatic heterocycles. The summed E-state index contributed by atoms with van der Waals surface area (Å²) >= 11 is 0. The van der Waals surface area contributed by atoms with Crippen molar-refractivity contribution in [2.75, 3.05) is 4.90 Å². The Morgan fingerprint density at radius 1 is 0.683 bits per heavy atom. The van der Waals surface area contributed by atoms with Crippen molar-refractivity contribution in [1.29, 1.82) is 0 Å². The van der Waals surface area contributed by atoms with Gasteiger partial charge in [0.25, 0.3) is 0 Å². The maximum Gasteiger partial charge on any atom is 2.00 e. The van der Waals surface area contributed by atoms with Gasteiger partial charge in [0.05, 0.1) is 16.9 Å². The number of aryl methyl sites for hydroxylation is 5. The molecule has 5 nitrogen and oxygen atoms in total. The van der Waals surface area contributed by atoms with Gasteiger partial charge in [-0.15, -0.1) is 35.2 Å². The van der Waals surface area contributed by atoms with Crippen LogP contribution in [0, 0.1) is 46.8 Å². The minimum Gasteiger partial charge on any atom is -0.503 e. The first-order valence-corrected chi connectivity index (χ1v) is 21.0. The Labute approximate surface area is 371 Å². The van der Waals surface area contributed by atoms with Crippen LogP contribution in [-0.4, -0.2) is 20.9 Å². The van der Waals surface area contributed by atoms with Gasteiger partial charge in [-0.3, -0.25) is 0 Å². The van der Waals surface area contributed by atoms with E-state index in [-0.39, 0.29) is 37.4 Å². The van der Waals surface area contributed by atoms with Gasteiger partial charge in [0.1, 0.15) is 5.82 Å². The number of pyridine rings is 1. The first-order chi connectivity index (χ1) is 27.8. The number of aromatic nitrogens is 2. The molecule has 2 atom stereocenters. The van der Waals surface area contributed by atoms with Crippen molar-refractivity contribution in [2.24, 2.45) is 4.99 Å². The fourth-order valence-electron chi connectivity index (χ4n) is 9.80. The van der Waals surface area contributed by atoms with Crippen molar-refractivity contribution >= 4 is 33.3 Å². The maximum atomic E-state index is 6.86. The predicted molar refractivity (Wildman–Crippen MR) is 245 cm³/mol. The summed E-state index contributed by atoms with van der Waals surface area (Å²) in [5, 5.41) is 2.28. The van der Waals surface area contributed by atoms with Gasteiger partial charge in [-0.05, 0) is 116 Å². The number of fused-ring (bicyclic) bond motifs is 6. The van der Waals surface area contributed by atoms with E-state index < -0.39 is 5.54 Å². The van der Waals surface area contributed by atoms with E-state index in [9.17, 15) is 0 Å². The van der Waals surface area contributed by atoms with E-state index >= 15 is 0 Å². The number of amidine groups is 1. The molecule has 6 heteroatoms. The van der Waals surface area contributed by atoms with E-state index in [1.165, 1.54) is 55.6 Å². The summed E-state index contributed by atoms with van der Waals surface area (Å²) in [6, 6.07) is 38.6. The molecule has 308 valence electrons. The maximum absolute atomic E-state index is 6.86. The molecule has 2 aliphatic rings. The van der Waals surface area contributed by atoms with Gasteiger partial charge in [-0.2, -0.15) is 6.07 Å². The van der Waals surface area contributed by atoms with Crippen molar-refractivity contribution < 1.29 is 25.8 Å². The van der Waals surface area contributed by atoms with E-state index in [1.807, 2.05) is 12.3 Å². The second-order valence-electron chi connectivity index (χ2n) is 19.7. The summed E-state index contributed by atoms with van der Waals surface area (Å²) in [7, 11) is 0. The van der Waals surface area contributed by atoms with Crippen LogP contribution in [0.4, 0.5) is 5.69 Å². The van der Waals surface area contributed by atoms with E-state index in [1.54, 1.807) is 0 Å². The molecule has 60 heavy (non-hydrogen) atoms. The minimum atomic E-state index is -0.466. The Hall–Kier alpha value is -4.99. The fraction of sp³-hybridized carbons (Fsp3) is 0.333. The quantitative estimate of drug-likeness (QED) is 0.161. The largest absolute Gasteiger partial charge is 2.00 e. The number of hydrogen-bond acceptors (Lipinski definition) is 4. The van der Waals surface area contributed by atoms with E-state index in [0.717, 1.165) is 45.6 Å². The Kier molecular flexibility index (Phi) is 9.95. The average molecular weight is 972 g/mol. The third kappa shape index (κ3) is 6.55. The second kappa shape index (κ2) is 14.3. The van der Waals surface area contributed by atoms with Gasteiger partial charge in [-0.1, -0.05) is 119 Å². The van der Waals surface area contributed by atoms with Crippen LogP contribution in [0.15, 0.2) is 96.1 Å². The van der Waals surface area contributed by atoms with Crippen molar-refractivity contribution in [1.82, 2.24) is 9.55 Å². The SMILES string of the molecule is Cc1cc(C)c(N2C(c3[c-]c(Oc4[c-]c5c(cc4)c4cc(C(C)(C)C)ccc4n5-c4cc(C(C)(C)C)ccn4)c(C)cc3)=N[C@]3(C)c4ccc(C)cc4C[C@]23C)c(C)c1.[Pt+2]. The summed E-state index contributed by atoms with van der Waals surface area (Å²) in [5.41, 5.74) is 14.5. The zero-order valence-electron chi connectivity index (χ0n) is 37.4. The fourth-order valence-corrected chi connectivity index (χ4v) is 9.80. The molecular weight excluding hydrogens is 916 g/mol. The third-order valence-electron chi connectivity index (χ3n) is 13.2. The molecule has 5 aromatic carbocycles. The molecule has 0 saturated heterocycles. The summed E-state index contributed by atoms with van der Waals surface area (Å²) < 4.78 is 9.10. The number of benzene rings is 5. The van der Waals surface area contributed by atoms with Crippen LogP contribution in [-0.2, 0) is 43.9 Å². The summed E-state index contributed by atoms with van der Waals surface area (Å²) in [4.78, 5) is 13.2. The average Bonchev–Trinajstić information content (AvgIpc) is 3.68. The van der Waals surface area contributed by atoms with Gasteiger partial charge in [0.15, 0.2) is 0 Å². The van der Waals surface area contributed by atoms with Crippen LogP contribution in [0.5, 0.6) is 11.5 Å². The molecule has 1 aliphatic carbocycles. The van der Waals surface area contributed by atoms with Crippen LogP contribution < -0.4 is 9.64 Å². The van der Waals surface area contributed by atoms with Crippen molar-refractivity contribution in [2.45, 2.75) is 118 Å². The van der Waals surface area contributed by atoms with Crippen LogP contribution in [0.25, 0.3) is 27.6 Å². The molecule has 0 unspecified atom stereocenters. The molecule has 7 aromatic rings. The van der Waals surface area contributed by atoms with Crippen molar-refractivity contribution in [3.05, 3.63) is 159 Å². The molecule has 0 fully saturated rings. The molecule has 0 bridgehead atoms. The monoisotopic (exact) mass is 971 g/mol. The molecule has 0 saturated carbocycles. The van der Waals surface area contributed by atoms with Crippen LogP contribution >= 0.6 is 0 Å². The van der Waals surface area contributed by atoms with E-state index in [0.29, 0.717) is 11.5 Å². The Morgan fingerprint density at radius 2 is 1.38 bits per heavy atom. The van der Waals surface area contributed by atoms with Gasteiger partial charge in [0.2, 0.25) is 0 Å². The standard InChI is InChI=1S/C54H56N4O.Pt/c1-32-14-20-44-38(26-32)31-53(12)54(44,13)56-50(58(53)49-35(4)24-33(2)25-36(49)5)37-16-15-34(3)47(27-37)59-41-18-19-42-43-28-39(51(6,7)8)17-21-45(43)57(46(42)30-41)48-29-40(22-23-55-48)52(9,10)11;/h14-26,28-29H,31H2,1-13H3;/q-2;+2/t53-,54+;/m0./s1. The Morgan fingerprint density at radius 3 is 2.08 bits per heavy atom. The van der Waals surface area contributed by atoms with Crippen LogP contribution in [0.3, 0.4) is 0 Å². The topological polar surface area (TPSA) is 42.6 Å². The second-order valence-corrected chi connectivity index (χ2v) is 19.7. The Balaban J connectivity index is 0.00000499. The zero-order chi connectivity index (χ0) is 42.0. The first kappa shape index (κ1) is 41.7. The molecule has 3 heterocycles. The molecule has 1 aliphatic heterocycles. The van der Waals surface area contributed by atoms with Crippen molar-refractivity contribution in [3.8, 4) is 17.3 Å². The summed E-state index contributed by atoms with van der Waals surface area (Å²) in [5.74, 6) is 3.06. The zero-order valence-corrected chi connectivity index (χ0v) is 39.7. The molecule has 0 radical (unpaired) electrons. The number of hydrogen-bond donors (Lipinski definition) is 0. The van der Waals surface area contributed by atoms with Crippen molar-refractivity contribution in [3.63, 3.8) is 0 Å². The van der Waals surface area contributed by atoms with E-state index in [2.05, 4.69) is 190 Å². The number of ether oxygens (including phenoxy) is 1. The van der Waals surface area contributed by atoms with Gasteiger partial charge in [0, 0.05) is 28.9 Å². The van der Waals surface area contributed by atoms with Gasteiger partial charge >= 0.3 is 21.1 Å². The molecular formula is C54H56N4OPt. The van der Waals surface area contributed by atoms with Crippen LogP contribution in [0.2, 0.25) is 0 Å². The third-order valence-corrected chi connectivity index (χ3v) is 13.2. The predicted octanol–water partition coefficient (Wildman–Crippen LogP) is 13.2. The normalized spacial score (nSPS) is 18.8. The number of anilines is 1. The van der Waals surface area contributed by atoms with Gasteiger partial charge in [-0.25, -0.2) is 4.98 Å².